The largest absolute Gasteiger partial charge is 0.290 e. The van der Waals surface area contributed by atoms with Crippen LogP contribution in [0.1, 0.15) is 32.1 Å². The predicted molar refractivity (Wildman–Crippen MR) is 42.4 cm³/mol. The Morgan fingerprint density at radius 3 is 2.67 bits per heavy atom. The van der Waals surface area contributed by atoms with Gasteiger partial charge in [-0.3, -0.25) is 14.4 Å². The molecule has 1 aliphatic rings. The van der Waals surface area contributed by atoms with Crippen molar-refractivity contribution in [1.82, 2.24) is 5.23 Å². The Kier molecular flexibility index (Phi) is 4.50. The fraction of sp³-hybridized carbons (Fsp3) is 1.00. The molecule has 1 fully saturated rings. The molecular weight excluding hydrogens is 161 g/mol. The van der Waals surface area contributed by atoms with E-state index in [9.17, 15) is 4.39 Å². The minimum atomic E-state index is -0.412. The van der Waals surface area contributed by atoms with Crippen molar-refractivity contribution in [3.63, 3.8) is 0 Å². The van der Waals surface area contributed by atoms with E-state index in [0.717, 1.165) is 18.1 Å². The number of halogens is 1. The molecule has 0 aromatic heterocycles. The average Bonchev–Trinajstić information content (AvgIpc) is 2.53. The van der Waals surface area contributed by atoms with Crippen LogP contribution in [0, 0.1) is 0 Å². The lowest BCUT2D eigenvalue weighted by Gasteiger charge is -2.18. The lowest BCUT2D eigenvalue weighted by atomic mass is 10.3. The van der Waals surface area contributed by atoms with Crippen LogP contribution in [0.5, 0.6) is 0 Å². The van der Waals surface area contributed by atoms with Crippen LogP contribution in [0.4, 0.5) is 4.39 Å². The van der Waals surface area contributed by atoms with Crippen LogP contribution < -0.4 is 0 Å². The molecular formula is C8H16FNO2. The van der Waals surface area contributed by atoms with E-state index in [1.54, 1.807) is 0 Å². The van der Waals surface area contributed by atoms with Crippen molar-refractivity contribution >= 4 is 0 Å². The summed E-state index contributed by atoms with van der Waals surface area (Å²) >= 11 is 0. The first kappa shape index (κ1) is 9.89. The molecule has 0 aromatic carbocycles. The smallest absolute Gasteiger partial charge is 0.0908 e. The van der Waals surface area contributed by atoms with E-state index in [4.69, 9.17) is 10.0 Å². The van der Waals surface area contributed by atoms with Gasteiger partial charge < -0.3 is 0 Å². The zero-order valence-electron chi connectivity index (χ0n) is 7.21. The number of nitrogens with zero attached hydrogens (tertiary/aromatic N) is 1. The van der Waals surface area contributed by atoms with Crippen LogP contribution in [0.25, 0.3) is 0 Å². The summed E-state index contributed by atoms with van der Waals surface area (Å²) < 4.78 is 11.7. The van der Waals surface area contributed by atoms with Gasteiger partial charge in [0.15, 0.2) is 0 Å². The highest BCUT2D eigenvalue weighted by molar-refractivity contribution is 4.65. The normalized spacial score (nSPS) is 19.2. The van der Waals surface area contributed by atoms with Gasteiger partial charge in [-0.05, 0) is 19.3 Å². The molecule has 0 unspecified atom stereocenters. The Morgan fingerprint density at radius 1 is 1.42 bits per heavy atom. The minimum Gasteiger partial charge on any atom is -0.290 e. The van der Waals surface area contributed by atoms with Crippen molar-refractivity contribution in [2.45, 2.75) is 38.2 Å². The molecule has 3 nitrogen and oxygen atoms in total. The second-order valence-corrected chi connectivity index (χ2v) is 3.13. The number of hydrogen-bond acceptors (Lipinski definition) is 3. The maximum absolute atomic E-state index is 11.7. The molecule has 0 bridgehead atoms. The molecule has 1 N–H and O–H groups in total. The third-order valence-corrected chi connectivity index (χ3v) is 2.06. The Bertz CT molecular complexity index is 118. The minimum absolute atomic E-state index is 0.148. The van der Waals surface area contributed by atoms with E-state index in [2.05, 4.69) is 0 Å². The third-order valence-electron chi connectivity index (χ3n) is 2.06. The first-order valence-corrected chi connectivity index (χ1v) is 4.52. The fourth-order valence-corrected chi connectivity index (χ4v) is 1.41. The van der Waals surface area contributed by atoms with Gasteiger partial charge in [0.1, 0.15) is 0 Å². The van der Waals surface area contributed by atoms with Crippen molar-refractivity contribution in [2.24, 2.45) is 0 Å². The fourth-order valence-electron chi connectivity index (χ4n) is 1.41. The van der Waals surface area contributed by atoms with Gasteiger partial charge in [0.25, 0.3) is 0 Å². The van der Waals surface area contributed by atoms with E-state index in [-0.39, 0.29) is 12.6 Å². The summed E-state index contributed by atoms with van der Waals surface area (Å²) in [6.45, 7) is -0.155. The van der Waals surface area contributed by atoms with E-state index < -0.39 is 6.67 Å². The van der Waals surface area contributed by atoms with Gasteiger partial charge in [0.2, 0.25) is 0 Å². The van der Waals surface area contributed by atoms with Gasteiger partial charge >= 0.3 is 0 Å². The Morgan fingerprint density at radius 2 is 2.08 bits per heavy atom. The number of hydrogen-bond donors (Lipinski definition) is 1. The highest BCUT2D eigenvalue weighted by Gasteiger charge is 2.18. The summed E-state index contributed by atoms with van der Waals surface area (Å²) in [4.78, 5) is 5.14. The average molecular weight is 177 g/mol. The van der Waals surface area contributed by atoms with Crippen molar-refractivity contribution < 1.29 is 14.4 Å². The third kappa shape index (κ3) is 3.47. The van der Waals surface area contributed by atoms with E-state index in [1.165, 1.54) is 12.8 Å². The van der Waals surface area contributed by atoms with Gasteiger partial charge in [0, 0.05) is 0 Å². The maximum Gasteiger partial charge on any atom is 0.0908 e. The summed E-state index contributed by atoms with van der Waals surface area (Å²) in [6, 6.07) is 0. The van der Waals surface area contributed by atoms with Gasteiger partial charge in [0.05, 0.1) is 19.3 Å². The zero-order valence-corrected chi connectivity index (χ0v) is 7.21. The van der Waals surface area contributed by atoms with Crippen molar-refractivity contribution in [2.75, 3.05) is 13.2 Å². The molecule has 0 saturated heterocycles. The first-order valence-electron chi connectivity index (χ1n) is 4.52. The Labute approximate surface area is 72.0 Å². The van der Waals surface area contributed by atoms with Crippen LogP contribution >= 0.6 is 0 Å². The molecule has 1 saturated carbocycles. The summed E-state index contributed by atoms with van der Waals surface area (Å²) in [5, 5.41) is 9.86. The number of rotatable bonds is 5. The van der Waals surface area contributed by atoms with Gasteiger partial charge in [-0.2, -0.15) is 0 Å². The van der Waals surface area contributed by atoms with E-state index in [1.807, 2.05) is 0 Å². The van der Waals surface area contributed by atoms with Crippen LogP contribution in [0.15, 0.2) is 0 Å². The van der Waals surface area contributed by atoms with Crippen molar-refractivity contribution in [3.05, 3.63) is 0 Å². The molecule has 1 aliphatic carbocycles. The second kappa shape index (κ2) is 5.45. The lowest BCUT2D eigenvalue weighted by Crippen LogP contribution is -2.26. The Balaban J connectivity index is 2.03. The summed E-state index contributed by atoms with van der Waals surface area (Å²) in [5.41, 5.74) is 0. The lowest BCUT2D eigenvalue weighted by molar-refractivity contribution is -0.359. The van der Waals surface area contributed by atoms with Crippen LogP contribution in [0.2, 0.25) is 0 Å². The van der Waals surface area contributed by atoms with Crippen molar-refractivity contribution in [1.29, 1.82) is 0 Å². The molecule has 0 spiro atoms. The van der Waals surface area contributed by atoms with Crippen molar-refractivity contribution in [3.8, 4) is 0 Å². The molecule has 0 aromatic rings. The van der Waals surface area contributed by atoms with Crippen LogP contribution in [0.3, 0.4) is 0 Å². The second-order valence-electron chi connectivity index (χ2n) is 3.13. The quantitative estimate of drug-likeness (QED) is 0.651. The monoisotopic (exact) mass is 177 g/mol. The van der Waals surface area contributed by atoms with Crippen LogP contribution in [-0.2, 0) is 4.84 Å². The summed E-state index contributed by atoms with van der Waals surface area (Å²) in [5.74, 6) is 0. The van der Waals surface area contributed by atoms with E-state index in [0.29, 0.717) is 6.42 Å². The molecule has 0 atom stereocenters. The molecule has 0 heterocycles. The standard InChI is InChI=1S/C8H16FNO2/c9-6-3-7-10(11)12-8-4-1-2-5-8/h8,11H,1-7H2. The van der Waals surface area contributed by atoms with Gasteiger partial charge in [-0.15, -0.1) is 0 Å². The topological polar surface area (TPSA) is 32.7 Å². The highest BCUT2D eigenvalue weighted by atomic mass is 19.1. The molecule has 72 valence electrons. The number of alkyl halides is 1. The summed E-state index contributed by atoms with van der Waals surface area (Å²) in [6.07, 6.45) is 4.82. The zero-order chi connectivity index (χ0) is 8.81. The van der Waals surface area contributed by atoms with Crippen LogP contribution in [-0.4, -0.2) is 29.8 Å². The van der Waals surface area contributed by atoms with E-state index >= 15 is 0 Å². The molecule has 0 aliphatic heterocycles. The summed E-state index contributed by atoms with van der Waals surface area (Å²) in [7, 11) is 0. The first-order chi connectivity index (χ1) is 5.83. The highest BCUT2D eigenvalue weighted by Crippen LogP contribution is 2.21. The van der Waals surface area contributed by atoms with Gasteiger partial charge in [-0.1, -0.05) is 18.1 Å². The number of hydroxylamine groups is 2. The molecule has 4 heteroatoms. The van der Waals surface area contributed by atoms with Gasteiger partial charge in [-0.25, -0.2) is 0 Å². The molecule has 1 rings (SSSR count). The molecule has 0 amide bonds. The SMILES string of the molecule is ON(CCCF)OC1CCCC1. The Hall–Kier alpha value is -0.190. The molecule has 12 heavy (non-hydrogen) atoms. The maximum atomic E-state index is 11.7. The molecule has 0 radical (unpaired) electrons. The predicted octanol–water partition coefficient (Wildman–Crippen LogP) is 1.91.